The Morgan fingerprint density at radius 3 is 2.85 bits per heavy atom. The van der Waals surface area contributed by atoms with Gasteiger partial charge in [-0.3, -0.25) is 0 Å². The summed E-state index contributed by atoms with van der Waals surface area (Å²) in [6.07, 6.45) is 4.30. The highest BCUT2D eigenvalue weighted by Crippen LogP contribution is 2.26. The molecule has 1 aliphatic carbocycles. The van der Waals surface area contributed by atoms with Crippen LogP contribution in [0, 0.1) is 13.8 Å². The van der Waals surface area contributed by atoms with Gasteiger partial charge in [0.2, 0.25) is 5.89 Å². The van der Waals surface area contributed by atoms with E-state index in [1.165, 1.54) is 5.56 Å². The first kappa shape index (κ1) is 19.4. The third-order valence-corrected chi connectivity index (χ3v) is 4.80. The molecule has 1 saturated carbocycles. The summed E-state index contributed by atoms with van der Waals surface area (Å²) in [5, 5.41) is 3.50. The zero-order chi connectivity index (χ0) is 19.1. The minimum absolute atomic E-state index is 0.154. The van der Waals surface area contributed by atoms with Crippen molar-refractivity contribution in [2.75, 3.05) is 13.2 Å². The Bertz CT molecular complexity index is 798. The van der Waals surface area contributed by atoms with Gasteiger partial charge < -0.3 is 13.9 Å². The first-order chi connectivity index (χ1) is 13.2. The fraction of sp³-hybridized carbons (Fsp3) is 0.550. The number of hydrogen-bond acceptors (Lipinski definition) is 5. The average molecular weight is 370 g/mol. The van der Waals surface area contributed by atoms with Gasteiger partial charge >= 0.3 is 0 Å². The molecule has 0 unspecified atom stereocenters. The second-order valence-corrected chi connectivity index (χ2v) is 6.94. The first-order valence-corrected chi connectivity index (χ1v) is 9.43. The Balaban J connectivity index is 1.53. The van der Waals surface area contributed by atoms with Gasteiger partial charge in [-0.1, -0.05) is 22.8 Å². The van der Waals surface area contributed by atoms with Gasteiger partial charge in [0.05, 0.1) is 25.4 Å². The van der Waals surface area contributed by atoms with Crippen LogP contribution in [0.4, 0.5) is 0 Å². The number of benzene rings is 1. The summed E-state index contributed by atoms with van der Waals surface area (Å²) < 4.78 is 17.7. The van der Waals surface area contributed by atoms with Crippen molar-refractivity contribution >= 4 is 0 Å². The van der Waals surface area contributed by atoms with Crippen LogP contribution in [0.15, 0.2) is 33.8 Å². The minimum Gasteiger partial charge on any atom is -0.441 e. The number of aryl methyl sites for hydroxylation is 2. The van der Waals surface area contributed by atoms with Crippen LogP contribution in [0.25, 0.3) is 21.9 Å². The number of nitrogens with zero attached hydrogens (tertiary/aromatic N) is 4. The molecule has 1 fully saturated rings. The quantitative estimate of drug-likeness (QED) is 0.279. The molecule has 1 aromatic carbocycles. The maximum absolute atomic E-state index is 8.30. The van der Waals surface area contributed by atoms with Crippen LogP contribution in [0.2, 0.25) is 0 Å². The van der Waals surface area contributed by atoms with E-state index >= 15 is 0 Å². The summed E-state index contributed by atoms with van der Waals surface area (Å²) in [5.41, 5.74) is 11.3. The Kier molecular flexibility index (Phi) is 6.87. The molecule has 3 rings (SSSR count). The molecule has 0 N–H and O–H groups in total. The number of azide groups is 1. The monoisotopic (exact) mass is 370 g/mol. The van der Waals surface area contributed by atoms with Crippen LogP contribution in [-0.2, 0) is 16.1 Å². The maximum Gasteiger partial charge on any atom is 0.226 e. The molecule has 1 heterocycles. The summed E-state index contributed by atoms with van der Waals surface area (Å²) in [6, 6.07) is 8.12. The number of rotatable bonds is 8. The van der Waals surface area contributed by atoms with Crippen molar-refractivity contribution in [2.24, 2.45) is 5.11 Å². The zero-order valence-corrected chi connectivity index (χ0v) is 15.9. The van der Waals surface area contributed by atoms with E-state index in [0.29, 0.717) is 25.6 Å². The minimum atomic E-state index is 0.154. The molecule has 0 bridgehead atoms. The molecule has 0 spiro atoms. The molecule has 0 radical (unpaired) electrons. The third kappa shape index (κ3) is 5.57. The predicted octanol–water partition coefficient (Wildman–Crippen LogP) is 5.11. The number of aromatic nitrogens is 1. The van der Waals surface area contributed by atoms with Crippen molar-refractivity contribution in [3.05, 3.63) is 51.7 Å². The lowest BCUT2D eigenvalue weighted by molar-refractivity contribution is -0.0492. The zero-order valence-electron chi connectivity index (χ0n) is 15.9. The van der Waals surface area contributed by atoms with Crippen molar-refractivity contribution in [2.45, 2.75) is 58.3 Å². The van der Waals surface area contributed by atoms with Crippen molar-refractivity contribution < 1.29 is 13.9 Å². The Morgan fingerprint density at radius 2 is 2.07 bits per heavy atom. The van der Waals surface area contributed by atoms with E-state index in [4.69, 9.17) is 19.4 Å². The molecule has 2 atom stereocenters. The topological polar surface area (TPSA) is 93.2 Å². The Hall–Kier alpha value is -2.34. The lowest BCUT2D eigenvalue weighted by atomic mass is 9.95. The van der Waals surface area contributed by atoms with E-state index in [-0.39, 0.29) is 12.2 Å². The molecular weight excluding hydrogens is 344 g/mol. The summed E-state index contributed by atoms with van der Waals surface area (Å²) >= 11 is 0. The van der Waals surface area contributed by atoms with Gasteiger partial charge in [0, 0.05) is 17.0 Å². The van der Waals surface area contributed by atoms with E-state index in [9.17, 15) is 0 Å². The van der Waals surface area contributed by atoms with E-state index < -0.39 is 0 Å². The van der Waals surface area contributed by atoms with Crippen LogP contribution < -0.4 is 0 Å². The molecular formula is C20H26N4O3. The summed E-state index contributed by atoms with van der Waals surface area (Å²) in [7, 11) is 0. The molecule has 0 saturated heterocycles. The van der Waals surface area contributed by atoms with Crippen LogP contribution in [0.5, 0.6) is 0 Å². The van der Waals surface area contributed by atoms with Crippen molar-refractivity contribution in [1.82, 2.24) is 4.98 Å². The van der Waals surface area contributed by atoms with Crippen molar-refractivity contribution in [3.8, 4) is 11.5 Å². The molecule has 7 heteroatoms. The van der Waals surface area contributed by atoms with Crippen LogP contribution >= 0.6 is 0 Å². The van der Waals surface area contributed by atoms with E-state index in [0.717, 1.165) is 42.7 Å². The number of ether oxygens (including phenoxy) is 2. The van der Waals surface area contributed by atoms with Gasteiger partial charge in [-0.05, 0) is 57.2 Å². The van der Waals surface area contributed by atoms with Gasteiger partial charge in [-0.2, -0.15) is 0 Å². The van der Waals surface area contributed by atoms with Crippen LogP contribution in [0.1, 0.15) is 42.7 Å². The summed E-state index contributed by atoms with van der Waals surface area (Å²) in [5.74, 6) is 1.43. The van der Waals surface area contributed by atoms with Gasteiger partial charge in [0.1, 0.15) is 11.5 Å². The smallest absolute Gasteiger partial charge is 0.226 e. The highest BCUT2D eigenvalue weighted by Gasteiger charge is 2.24. The summed E-state index contributed by atoms with van der Waals surface area (Å²) in [4.78, 5) is 7.36. The van der Waals surface area contributed by atoms with Gasteiger partial charge in [-0.25, -0.2) is 4.98 Å². The van der Waals surface area contributed by atoms with E-state index in [2.05, 4.69) is 34.1 Å². The van der Waals surface area contributed by atoms with Gasteiger partial charge in [-0.15, -0.1) is 0 Å². The van der Waals surface area contributed by atoms with Crippen LogP contribution in [-0.4, -0.2) is 30.3 Å². The number of oxazole rings is 1. The SMILES string of the molecule is Cc1cccc(-c2nc(CO[C@H]3CCC[C@@H](OCCN=[N+]=[N-])C3)c(C)o2)c1. The fourth-order valence-electron chi connectivity index (χ4n) is 3.37. The maximum atomic E-state index is 8.30. The Labute approximate surface area is 159 Å². The largest absolute Gasteiger partial charge is 0.441 e. The molecule has 2 aromatic rings. The average Bonchev–Trinajstić information content (AvgIpc) is 3.05. The molecule has 7 nitrogen and oxygen atoms in total. The second-order valence-electron chi connectivity index (χ2n) is 6.94. The standard InChI is InChI=1S/C20H26N4O3/c1-14-5-3-6-16(11-14)20-23-19(15(2)27-20)13-26-18-8-4-7-17(12-18)25-10-9-22-24-21/h3,5-6,11,17-18H,4,7-10,12-13H2,1-2H3/t17-,18+/m1/s1. The van der Waals surface area contributed by atoms with Gasteiger partial charge in [0.25, 0.3) is 0 Å². The highest BCUT2D eigenvalue weighted by molar-refractivity contribution is 5.54. The molecule has 1 aromatic heterocycles. The Morgan fingerprint density at radius 1 is 1.26 bits per heavy atom. The third-order valence-electron chi connectivity index (χ3n) is 4.80. The van der Waals surface area contributed by atoms with E-state index in [1.807, 2.05) is 19.1 Å². The lowest BCUT2D eigenvalue weighted by Crippen LogP contribution is -2.29. The molecule has 144 valence electrons. The fourth-order valence-corrected chi connectivity index (χ4v) is 3.37. The van der Waals surface area contributed by atoms with E-state index in [1.54, 1.807) is 0 Å². The van der Waals surface area contributed by atoms with Crippen LogP contribution in [0.3, 0.4) is 0 Å². The lowest BCUT2D eigenvalue weighted by Gasteiger charge is -2.29. The van der Waals surface area contributed by atoms with Crippen molar-refractivity contribution in [1.29, 1.82) is 0 Å². The molecule has 0 aliphatic heterocycles. The highest BCUT2D eigenvalue weighted by atomic mass is 16.5. The first-order valence-electron chi connectivity index (χ1n) is 9.43. The molecule has 0 amide bonds. The molecule has 1 aliphatic rings. The normalized spacial score (nSPS) is 19.6. The summed E-state index contributed by atoms with van der Waals surface area (Å²) in [6.45, 7) is 5.25. The predicted molar refractivity (Wildman–Crippen MR) is 102 cm³/mol. The van der Waals surface area contributed by atoms with Gasteiger partial charge in [0.15, 0.2) is 0 Å². The molecule has 27 heavy (non-hydrogen) atoms. The van der Waals surface area contributed by atoms with Crippen molar-refractivity contribution in [3.63, 3.8) is 0 Å². The second kappa shape index (κ2) is 9.55. The number of hydrogen-bond donors (Lipinski definition) is 0.